The number of hydrogen-bond donors (Lipinski definition) is 1. The van der Waals surface area contributed by atoms with Crippen LogP contribution in [-0.4, -0.2) is 28.6 Å². The van der Waals surface area contributed by atoms with Gasteiger partial charge in [-0.05, 0) is 39.3 Å². The quantitative estimate of drug-likeness (QED) is 0.599. The molecule has 2 aromatic heterocycles. The average molecular weight is 388 g/mol. The van der Waals surface area contributed by atoms with Crippen LogP contribution in [-0.2, 0) is 4.74 Å². The molecule has 2 aromatic rings. The fourth-order valence-electron chi connectivity index (χ4n) is 2.48. The van der Waals surface area contributed by atoms with Gasteiger partial charge in [0.15, 0.2) is 11.9 Å². The monoisotopic (exact) mass is 387 g/mol. The fourth-order valence-corrected chi connectivity index (χ4v) is 3.93. The zero-order valence-electron chi connectivity index (χ0n) is 13.5. The van der Waals surface area contributed by atoms with Gasteiger partial charge in [-0.3, -0.25) is 9.59 Å². The lowest BCUT2D eigenvalue weighted by molar-refractivity contribution is 0.0317. The Morgan fingerprint density at radius 1 is 1.25 bits per heavy atom. The highest BCUT2D eigenvalue weighted by atomic mass is 35.5. The van der Waals surface area contributed by atoms with Gasteiger partial charge < -0.3 is 9.72 Å². The van der Waals surface area contributed by atoms with Gasteiger partial charge in [0, 0.05) is 11.3 Å². The van der Waals surface area contributed by atoms with E-state index in [1.54, 1.807) is 13.8 Å². The van der Waals surface area contributed by atoms with Gasteiger partial charge in [-0.1, -0.05) is 23.2 Å². The van der Waals surface area contributed by atoms with Crippen molar-refractivity contribution in [3.8, 4) is 0 Å². The number of halogens is 2. The number of esters is 1. The number of thiophene rings is 1. The molecule has 0 saturated heterocycles. The predicted octanol–water partition coefficient (Wildman–Crippen LogP) is 4.63. The minimum absolute atomic E-state index is 0.120. The van der Waals surface area contributed by atoms with Crippen LogP contribution in [0.5, 0.6) is 0 Å². The SMILES string of the molecule is CC(=O)c1c(C)[nH]c(C(=O)C(C)OC(=O)c2cc(Cl)sc2Cl)c1C. The van der Waals surface area contributed by atoms with Crippen molar-refractivity contribution in [3.05, 3.63) is 42.8 Å². The maximum absolute atomic E-state index is 12.5. The van der Waals surface area contributed by atoms with E-state index in [9.17, 15) is 14.4 Å². The second-order valence-corrected chi connectivity index (χ2v) is 7.62. The summed E-state index contributed by atoms with van der Waals surface area (Å²) in [6, 6.07) is 1.39. The van der Waals surface area contributed by atoms with E-state index in [1.165, 1.54) is 19.9 Å². The summed E-state index contributed by atoms with van der Waals surface area (Å²) >= 11 is 12.7. The van der Waals surface area contributed by atoms with Gasteiger partial charge in [-0.2, -0.15) is 0 Å². The Labute approximate surface area is 152 Å². The van der Waals surface area contributed by atoms with E-state index in [-0.39, 0.29) is 21.4 Å². The summed E-state index contributed by atoms with van der Waals surface area (Å²) < 4.78 is 5.74. The van der Waals surface area contributed by atoms with Crippen LogP contribution in [0.2, 0.25) is 8.67 Å². The Bertz CT molecular complexity index is 837. The number of ether oxygens (including phenoxy) is 1. The first-order valence-corrected chi connectivity index (χ1v) is 8.60. The third-order valence-corrected chi connectivity index (χ3v) is 5.05. The Morgan fingerprint density at radius 2 is 1.88 bits per heavy atom. The molecule has 0 spiro atoms. The van der Waals surface area contributed by atoms with Gasteiger partial charge in [-0.25, -0.2) is 4.79 Å². The number of H-pyrrole nitrogens is 1. The standard InChI is InChI=1S/C16H15Cl2NO4S/c1-6-12(8(3)20)7(2)19-13(6)14(21)9(4)23-16(22)10-5-11(17)24-15(10)18/h5,9,19H,1-4H3. The molecule has 24 heavy (non-hydrogen) atoms. The molecule has 2 rings (SSSR count). The molecule has 0 amide bonds. The van der Waals surface area contributed by atoms with E-state index in [0.717, 1.165) is 11.3 Å². The van der Waals surface area contributed by atoms with Crippen molar-refractivity contribution in [2.45, 2.75) is 33.8 Å². The van der Waals surface area contributed by atoms with Gasteiger partial charge >= 0.3 is 5.97 Å². The highest BCUT2D eigenvalue weighted by molar-refractivity contribution is 7.20. The summed E-state index contributed by atoms with van der Waals surface area (Å²) in [5, 5.41) is 0. The summed E-state index contributed by atoms with van der Waals surface area (Å²) in [7, 11) is 0. The molecule has 0 fully saturated rings. The minimum atomic E-state index is -1.04. The predicted molar refractivity (Wildman–Crippen MR) is 93.8 cm³/mol. The molecule has 0 radical (unpaired) electrons. The summed E-state index contributed by atoms with van der Waals surface area (Å²) in [4.78, 5) is 39.2. The molecule has 0 bridgehead atoms. The van der Waals surface area contributed by atoms with Crippen molar-refractivity contribution in [1.82, 2.24) is 4.98 Å². The van der Waals surface area contributed by atoms with Crippen LogP contribution in [0.1, 0.15) is 56.3 Å². The average Bonchev–Trinajstić information content (AvgIpc) is 2.96. The van der Waals surface area contributed by atoms with E-state index in [4.69, 9.17) is 27.9 Å². The van der Waals surface area contributed by atoms with E-state index < -0.39 is 17.9 Å². The van der Waals surface area contributed by atoms with Crippen LogP contribution in [0.15, 0.2) is 6.07 Å². The van der Waals surface area contributed by atoms with E-state index in [1.807, 2.05) is 0 Å². The lowest BCUT2D eigenvalue weighted by atomic mass is 10.0. The Balaban J connectivity index is 2.21. The Kier molecular flexibility index (Phi) is 5.52. The van der Waals surface area contributed by atoms with Crippen molar-refractivity contribution < 1.29 is 19.1 Å². The summed E-state index contributed by atoms with van der Waals surface area (Å²) in [6.07, 6.45) is -1.04. The topological polar surface area (TPSA) is 76.2 Å². The Morgan fingerprint density at radius 3 is 2.33 bits per heavy atom. The number of ketones is 2. The zero-order valence-corrected chi connectivity index (χ0v) is 15.8. The number of hydrogen-bond acceptors (Lipinski definition) is 5. The lowest BCUT2D eigenvalue weighted by Crippen LogP contribution is -2.25. The number of aryl methyl sites for hydroxylation is 1. The van der Waals surface area contributed by atoms with Crippen molar-refractivity contribution >= 4 is 52.1 Å². The number of carbonyl (C=O) groups excluding carboxylic acids is 3. The van der Waals surface area contributed by atoms with Crippen LogP contribution >= 0.6 is 34.5 Å². The van der Waals surface area contributed by atoms with Crippen LogP contribution in [0.3, 0.4) is 0 Å². The molecule has 2 heterocycles. The molecule has 0 aliphatic heterocycles. The Hall–Kier alpha value is -1.63. The largest absolute Gasteiger partial charge is 0.451 e. The number of rotatable bonds is 5. The molecule has 0 aliphatic rings. The van der Waals surface area contributed by atoms with Crippen molar-refractivity contribution in [1.29, 1.82) is 0 Å². The first-order chi connectivity index (χ1) is 11.1. The molecule has 128 valence electrons. The van der Waals surface area contributed by atoms with Crippen LogP contribution in [0.25, 0.3) is 0 Å². The number of nitrogens with one attached hydrogen (secondary N) is 1. The second kappa shape index (κ2) is 7.09. The van der Waals surface area contributed by atoms with Gasteiger partial charge in [0.2, 0.25) is 5.78 Å². The fraction of sp³-hybridized carbons (Fsp3) is 0.312. The molecular formula is C16H15Cl2NO4S. The van der Waals surface area contributed by atoms with Crippen molar-refractivity contribution in [2.75, 3.05) is 0 Å². The maximum atomic E-state index is 12.5. The lowest BCUT2D eigenvalue weighted by Gasteiger charge is -2.12. The van der Waals surface area contributed by atoms with Crippen molar-refractivity contribution in [2.24, 2.45) is 0 Å². The van der Waals surface area contributed by atoms with Gasteiger partial charge in [0.1, 0.15) is 4.34 Å². The summed E-state index contributed by atoms with van der Waals surface area (Å²) in [5.74, 6) is -1.28. The first-order valence-electron chi connectivity index (χ1n) is 7.03. The smallest absolute Gasteiger partial charge is 0.341 e. The molecular weight excluding hydrogens is 373 g/mol. The molecule has 5 nitrogen and oxygen atoms in total. The zero-order chi connectivity index (χ0) is 18.2. The number of Topliss-reactive ketones (excluding diaryl/α,β-unsaturated/α-hetero) is 2. The molecule has 1 unspecified atom stereocenters. The molecule has 0 saturated carbocycles. The van der Waals surface area contributed by atoms with E-state index in [2.05, 4.69) is 4.98 Å². The highest BCUT2D eigenvalue weighted by Gasteiger charge is 2.27. The minimum Gasteiger partial charge on any atom is -0.451 e. The third kappa shape index (κ3) is 3.55. The van der Waals surface area contributed by atoms with Gasteiger partial charge in [0.05, 0.1) is 15.6 Å². The van der Waals surface area contributed by atoms with E-state index >= 15 is 0 Å². The van der Waals surface area contributed by atoms with Crippen LogP contribution < -0.4 is 0 Å². The van der Waals surface area contributed by atoms with Crippen LogP contribution in [0.4, 0.5) is 0 Å². The number of aromatic amines is 1. The summed E-state index contributed by atoms with van der Waals surface area (Å²) in [6.45, 7) is 6.29. The highest BCUT2D eigenvalue weighted by Crippen LogP contribution is 2.32. The van der Waals surface area contributed by atoms with Gasteiger partial charge in [0.25, 0.3) is 0 Å². The molecule has 1 N–H and O–H groups in total. The van der Waals surface area contributed by atoms with Crippen molar-refractivity contribution in [3.63, 3.8) is 0 Å². The summed E-state index contributed by atoms with van der Waals surface area (Å²) in [5.41, 5.74) is 2.01. The second-order valence-electron chi connectivity index (χ2n) is 5.33. The van der Waals surface area contributed by atoms with Crippen LogP contribution in [0, 0.1) is 13.8 Å². The third-order valence-electron chi connectivity index (χ3n) is 3.57. The molecule has 1 atom stereocenters. The molecule has 0 aliphatic carbocycles. The number of carbonyl (C=O) groups is 3. The van der Waals surface area contributed by atoms with Gasteiger partial charge in [-0.15, -0.1) is 11.3 Å². The molecule has 8 heteroatoms. The first kappa shape index (κ1) is 18.7. The number of aromatic nitrogens is 1. The normalized spacial score (nSPS) is 12.1. The molecule has 0 aromatic carbocycles. The van der Waals surface area contributed by atoms with E-state index in [0.29, 0.717) is 21.2 Å². The maximum Gasteiger partial charge on any atom is 0.341 e.